The lowest BCUT2D eigenvalue weighted by Gasteiger charge is -2.35. The number of aromatic amines is 1. The minimum absolute atomic E-state index is 0.0427. The highest BCUT2D eigenvalue weighted by molar-refractivity contribution is 7.12. The molecular weight excluding hydrogens is 426 g/mol. The number of piperidine rings is 1. The summed E-state index contributed by atoms with van der Waals surface area (Å²) in [7, 11) is 0. The van der Waals surface area contributed by atoms with Crippen molar-refractivity contribution in [2.24, 2.45) is 0 Å². The molecule has 8 nitrogen and oxygen atoms in total. The van der Waals surface area contributed by atoms with Crippen molar-refractivity contribution in [2.75, 3.05) is 13.1 Å². The Morgan fingerprint density at radius 3 is 2.78 bits per heavy atom. The van der Waals surface area contributed by atoms with Gasteiger partial charge in [-0.05, 0) is 49.3 Å². The molecule has 1 fully saturated rings. The highest BCUT2D eigenvalue weighted by atomic mass is 32.1. The third-order valence-corrected chi connectivity index (χ3v) is 6.93. The third kappa shape index (κ3) is 3.84. The zero-order valence-corrected chi connectivity index (χ0v) is 18.3. The molecule has 0 aromatic carbocycles. The molecule has 32 heavy (non-hydrogen) atoms. The second kappa shape index (κ2) is 8.66. The highest BCUT2D eigenvalue weighted by Crippen LogP contribution is 2.30. The molecule has 0 spiro atoms. The monoisotopic (exact) mass is 449 g/mol. The number of rotatable bonds is 3. The molecule has 2 aliphatic rings. The summed E-state index contributed by atoms with van der Waals surface area (Å²) in [5.74, 6) is 0.284. The summed E-state index contributed by atoms with van der Waals surface area (Å²) < 4.78 is 0. The van der Waals surface area contributed by atoms with Crippen molar-refractivity contribution < 1.29 is 9.59 Å². The number of hydrogen-bond acceptors (Lipinski definition) is 6. The standard InChI is InChI=1S/C23H23N5O3S/c29-21-15-9-12-27(23(31)19-8-5-13-32-19)14-17(15)25-20(26-21)18-7-2-4-11-28(18)22(30)16-6-1-3-10-24-16/h1,3,5-6,8,10,13,18H,2,4,7,9,11-12,14H2,(H,25,26,29). The number of nitrogens with zero attached hydrogens (tertiary/aromatic N) is 4. The van der Waals surface area contributed by atoms with Crippen LogP contribution in [0.5, 0.6) is 0 Å². The Bertz CT molecular complexity index is 1190. The maximum absolute atomic E-state index is 13.1. The van der Waals surface area contributed by atoms with Gasteiger partial charge in [-0.1, -0.05) is 12.1 Å². The molecule has 1 saturated heterocycles. The van der Waals surface area contributed by atoms with Crippen LogP contribution in [0, 0.1) is 0 Å². The van der Waals surface area contributed by atoms with Gasteiger partial charge in [0.25, 0.3) is 17.4 Å². The van der Waals surface area contributed by atoms with Crippen molar-refractivity contribution in [1.82, 2.24) is 24.8 Å². The predicted molar refractivity (Wildman–Crippen MR) is 119 cm³/mol. The van der Waals surface area contributed by atoms with Crippen LogP contribution in [0.3, 0.4) is 0 Å². The predicted octanol–water partition coefficient (Wildman–Crippen LogP) is 2.79. The van der Waals surface area contributed by atoms with Gasteiger partial charge in [-0.2, -0.15) is 0 Å². The molecule has 2 amide bonds. The lowest BCUT2D eigenvalue weighted by molar-refractivity contribution is 0.0592. The molecule has 3 aromatic heterocycles. The van der Waals surface area contributed by atoms with Crippen LogP contribution in [0.25, 0.3) is 0 Å². The molecule has 164 valence electrons. The van der Waals surface area contributed by atoms with Gasteiger partial charge in [0.15, 0.2) is 0 Å². The second-order valence-corrected chi connectivity index (χ2v) is 9.00. The van der Waals surface area contributed by atoms with E-state index in [-0.39, 0.29) is 23.4 Å². The number of hydrogen-bond donors (Lipinski definition) is 1. The molecule has 0 bridgehead atoms. The molecule has 3 aromatic rings. The van der Waals surface area contributed by atoms with Crippen molar-refractivity contribution in [3.8, 4) is 0 Å². The van der Waals surface area contributed by atoms with Crippen LogP contribution in [0.4, 0.5) is 0 Å². The molecule has 0 aliphatic carbocycles. The van der Waals surface area contributed by atoms with Gasteiger partial charge in [-0.25, -0.2) is 4.98 Å². The fourth-order valence-electron chi connectivity index (χ4n) is 4.44. The molecule has 1 N–H and O–H groups in total. The number of carbonyl (C=O) groups is 2. The van der Waals surface area contributed by atoms with E-state index in [1.54, 1.807) is 34.2 Å². The van der Waals surface area contributed by atoms with Crippen molar-refractivity contribution in [2.45, 2.75) is 38.3 Å². The second-order valence-electron chi connectivity index (χ2n) is 8.06. The average Bonchev–Trinajstić information content (AvgIpc) is 3.38. The van der Waals surface area contributed by atoms with Crippen molar-refractivity contribution in [3.63, 3.8) is 0 Å². The maximum Gasteiger partial charge on any atom is 0.273 e. The summed E-state index contributed by atoms with van der Waals surface area (Å²) in [5, 5.41) is 1.88. The first-order chi connectivity index (χ1) is 15.6. The van der Waals surface area contributed by atoms with E-state index in [4.69, 9.17) is 4.98 Å². The summed E-state index contributed by atoms with van der Waals surface area (Å²) >= 11 is 1.41. The Kier molecular flexibility index (Phi) is 5.57. The molecule has 1 unspecified atom stereocenters. The first kappa shape index (κ1) is 20.6. The van der Waals surface area contributed by atoms with Crippen LogP contribution >= 0.6 is 11.3 Å². The quantitative estimate of drug-likeness (QED) is 0.663. The first-order valence-corrected chi connectivity index (χ1v) is 11.7. The summed E-state index contributed by atoms with van der Waals surface area (Å²) in [4.78, 5) is 54.9. The van der Waals surface area contributed by atoms with Crippen molar-refractivity contribution >= 4 is 23.2 Å². The largest absolute Gasteiger partial charge is 0.332 e. The van der Waals surface area contributed by atoms with Gasteiger partial charge in [0.05, 0.1) is 23.2 Å². The maximum atomic E-state index is 13.1. The smallest absolute Gasteiger partial charge is 0.273 e. The number of likely N-dealkylation sites (tertiary alicyclic amines) is 1. The minimum atomic E-state index is -0.320. The van der Waals surface area contributed by atoms with Crippen molar-refractivity contribution in [1.29, 1.82) is 0 Å². The Balaban J connectivity index is 1.44. The van der Waals surface area contributed by atoms with E-state index < -0.39 is 0 Å². The Morgan fingerprint density at radius 1 is 1.09 bits per heavy atom. The molecule has 0 saturated carbocycles. The van der Waals surface area contributed by atoms with Gasteiger partial charge in [0, 0.05) is 24.8 Å². The molecule has 1 atom stereocenters. The third-order valence-electron chi connectivity index (χ3n) is 6.07. The molecule has 9 heteroatoms. The molecule has 0 radical (unpaired) electrons. The zero-order chi connectivity index (χ0) is 22.1. The molecule has 5 heterocycles. The fraction of sp³-hybridized carbons (Fsp3) is 0.348. The summed E-state index contributed by atoms with van der Waals surface area (Å²) in [5.41, 5.74) is 1.45. The van der Waals surface area contributed by atoms with Crippen LogP contribution in [0.15, 0.2) is 46.7 Å². The van der Waals surface area contributed by atoms with E-state index in [9.17, 15) is 14.4 Å². The van der Waals surface area contributed by atoms with E-state index in [1.807, 2.05) is 17.5 Å². The van der Waals surface area contributed by atoms with Gasteiger partial charge in [-0.3, -0.25) is 19.4 Å². The summed E-state index contributed by atoms with van der Waals surface area (Å²) in [6, 6.07) is 8.60. The molecular formula is C23H23N5O3S. The first-order valence-electron chi connectivity index (χ1n) is 10.8. The Labute approximate surface area is 188 Å². The van der Waals surface area contributed by atoms with E-state index in [2.05, 4.69) is 9.97 Å². The average molecular weight is 450 g/mol. The van der Waals surface area contributed by atoms with E-state index in [0.29, 0.717) is 53.7 Å². The number of H-pyrrole nitrogens is 1. The van der Waals surface area contributed by atoms with Gasteiger partial charge >= 0.3 is 0 Å². The van der Waals surface area contributed by atoms with E-state index >= 15 is 0 Å². The van der Waals surface area contributed by atoms with E-state index in [1.165, 1.54) is 11.3 Å². The number of fused-ring (bicyclic) bond motifs is 1. The SMILES string of the molecule is O=C(c1cccs1)N1CCc2c(nc(C3CCCCN3C(=O)c3ccccn3)[nH]c2=O)C1. The van der Waals surface area contributed by atoms with Gasteiger partial charge < -0.3 is 14.8 Å². The number of pyridine rings is 1. The lowest BCUT2D eigenvalue weighted by Crippen LogP contribution is -2.42. The minimum Gasteiger partial charge on any atom is -0.332 e. The van der Waals surface area contributed by atoms with Crippen LogP contribution in [-0.2, 0) is 13.0 Å². The van der Waals surface area contributed by atoms with Crippen LogP contribution in [0.2, 0.25) is 0 Å². The van der Waals surface area contributed by atoms with Gasteiger partial charge in [0.2, 0.25) is 0 Å². The Hall–Kier alpha value is -3.33. The van der Waals surface area contributed by atoms with Crippen LogP contribution in [-0.4, -0.2) is 49.7 Å². The lowest BCUT2D eigenvalue weighted by atomic mass is 9.99. The van der Waals surface area contributed by atoms with Crippen molar-refractivity contribution in [3.05, 3.63) is 79.9 Å². The van der Waals surface area contributed by atoms with Gasteiger partial charge in [-0.15, -0.1) is 11.3 Å². The Morgan fingerprint density at radius 2 is 2.00 bits per heavy atom. The summed E-state index contributed by atoms with van der Waals surface area (Å²) in [6.07, 6.45) is 4.63. The number of nitrogens with one attached hydrogen (secondary N) is 1. The topological polar surface area (TPSA) is 99.3 Å². The summed E-state index contributed by atoms with van der Waals surface area (Å²) in [6.45, 7) is 1.37. The number of aromatic nitrogens is 3. The van der Waals surface area contributed by atoms with Gasteiger partial charge in [0.1, 0.15) is 11.5 Å². The number of amides is 2. The molecule has 2 aliphatic heterocycles. The fourth-order valence-corrected chi connectivity index (χ4v) is 5.13. The highest BCUT2D eigenvalue weighted by Gasteiger charge is 2.33. The zero-order valence-electron chi connectivity index (χ0n) is 17.5. The number of carbonyl (C=O) groups excluding carboxylic acids is 2. The normalized spacial score (nSPS) is 18.3. The van der Waals surface area contributed by atoms with Crippen LogP contribution in [0.1, 0.15) is 62.5 Å². The van der Waals surface area contributed by atoms with E-state index in [0.717, 1.165) is 19.3 Å². The number of thiophene rings is 1. The molecule has 5 rings (SSSR count). The van der Waals surface area contributed by atoms with Crippen LogP contribution < -0.4 is 5.56 Å².